The minimum absolute atomic E-state index is 0.143. The van der Waals surface area contributed by atoms with Gasteiger partial charge in [-0.1, -0.05) is 18.2 Å². The van der Waals surface area contributed by atoms with Crippen molar-refractivity contribution in [2.24, 2.45) is 0 Å². The van der Waals surface area contributed by atoms with Crippen molar-refractivity contribution in [1.29, 1.82) is 0 Å². The van der Waals surface area contributed by atoms with E-state index in [0.717, 1.165) is 6.07 Å². The first kappa shape index (κ1) is 14.8. The van der Waals surface area contributed by atoms with E-state index in [1.54, 1.807) is 18.2 Å². The average molecular weight is 293 g/mol. The number of carbonyl (C=O) groups excluding carboxylic acids is 1. The van der Waals surface area contributed by atoms with Crippen molar-refractivity contribution >= 4 is 11.7 Å². The number of esters is 1. The Morgan fingerprint density at radius 3 is 2.62 bits per heavy atom. The molecule has 0 aliphatic heterocycles. The number of benzene rings is 2. The van der Waals surface area contributed by atoms with Gasteiger partial charge in [-0.05, 0) is 18.2 Å². The molecule has 0 bridgehead atoms. The third kappa shape index (κ3) is 3.10. The molecule has 0 saturated heterocycles. The fourth-order valence-corrected chi connectivity index (χ4v) is 1.84. The summed E-state index contributed by atoms with van der Waals surface area (Å²) in [6.45, 7) is -0.143. The minimum atomic E-state index is -1.08. The van der Waals surface area contributed by atoms with Crippen molar-refractivity contribution in [2.75, 3.05) is 12.8 Å². The fraction of sp³-hybridized carbons (Fsp3) is 0.133. The number of nitrogens with two attached hydrogens (primary N) is 1. The maximum absolute atomic E-state index is 13.5. The lowest BCUT2D eigenvalue weighted by Crippen LogP contribution is -2.11. The third-order valence-electron chi connectivity index (χ3n) is 2.87. The summed E-state index contributed by atoms with van der Waals surface area (Å²) in [5, 5.41) is 0. The second-order valence-electron chi connectivity index (χ2n) is 4.21. The molecule has 0 radical (unpaired) electrons. The molecular weight excluding hydrogens is 280 g/mol. The molecule has 0 amide bonds. The lowest BCUT2D eigenvalue weighted by atomic mass is 10.1. The van der Waals surface area contributed by atoms with Crippen LogP contribution in [-0.2, 0) is 11.3 Å². The van der Waals surface area contributed by atoms with Gasteiger partial charge in [0.1, 0.15) is 6.61 Å². The Kier molecular flexibility index (Phi) is 4.37. The number of hydrogen-bond donors (Lipinski definition) is 1. The van der Waals surface area contributed by atoms with Crippen LogP contribution in [0.5, 0.6) is 5.75 Å². The van der Waals surface area contributed by atoms with Crippen LogP contribution in [0.2, 0.25) is 0 Å². The van der Waals surface area contributed by atoms with E-state index in [0.29, 0.717) is 5.56 Å². The third-order valence-corrected chi connectivity index (χ3v) is 2.87. The predicted octanol–water partition coefficient (Wildman–Crippen LogP) is 2.91. The number of anilines is 1. The normalized spacial score (nSPS) is 10.2. The lowest BCUT2D eigenvalue weighted by molar-refractivity contribution is 0.0599. The fourth-order valence-electron chi connectivity index (χ4n) is 1.84. The highest BCUT2D eigenvalue weighted by Gasteiger charge is 2.16. The van der Waals surface area contributed by atoms with Crippen LogP contribution in [0.1, 0.15) is 15.9 Å². The monoisotopic (exact) mass is 293 g/mol. The van der Waals surface area contributed by atoms with Crippen molar-refractivity contribution in [3.8, 4) is 5.75 Å². The smallest absolute Gasteiger partial charge is 0.340 e. The molecular formula is C15H13F2NO3. The first-order valence-corrected chi connectivity index (χ1v) is 6.07. The molecule has 0 aliphatic rings. The van der Waals surface area contributed by atoms with Crippen molar-refractivity contribution < 1.29 is 23.0 Å². The second kappa shape index (κ2) is 6.21. The van der Waals surface area contributed by atoms with Crippen LogP contribution in [0.3, 0.4) is 0 Å². The summed E-state index contributed by atoms with van der Waals surface area (Å²) >= 11 is 0. The highest BCUT2D eigenvalue weighted by atomic mass is 19.2. The van der Waals surface area contributed by atoms with Gasteiger partial charge in [-0.3, -0.25) is 0 Å². The molecule has 2 aromatic rings. The molecule has 0 aromatic heterocycles. The van der Waals surface area contributed by atoms with Crippen LogP contribution in [0.15, 0.2) is 36.4 Å². The lowest BCUT2D eigenvalue weighted by Gasteiger charge is -2.12. The minimum Gasteiger partial charge on any atom is -0.486 e. The Bertz CT molecular complexity index is 674. The summed E-state index contributed by atoms with van der Waals surface area (Å²) in [5.74, 6) is -2.95. The van der Waals surface area contributed by atoms with Crippen molar-refractivity contribution in [3.05, 3.63) is 59.2 Å². The molecule has 2 rings (SSSR count). The topological polar surface area (TPSA) is 61.5 Å². The number of ether oxygens (including phenoxy) is 2. The van der Waals surface area contributed by atoms with Gasteiger partial charge in [0.05, 0.1) is 12.7 Å². The molecule has 0 heterocycles. The highest BCUT2D eigenvalue weighted by Crippen LogP contribution is 2.23. The number of hydrogen-bond acceptors (Lipinski definition) is 4. The first-order chi connectivity index (χ1) is 10.0. The van der Waals surface area contributed by atoms with Gasteiger partial charge in [0.15, 0.2) is 11.6 Å². The number of carbonyl (C=O) groups is 1. The first-order valence-electron chi connectivity index (χ1n) is 6.07. The van der Waals surface area contributed by atoms with E-state index < -0.39 is 17.6 Å². The van der Waals surface area contributed by atoms with Gasteiger partial charge in [-0.25, -0.2) is 9.18 Å². The zero-order chi connectivity index (χ0) is 15.4. The summed E-state index contributed by atoms with van der Waals surface area (Å²) in [5.41, 5.74) is 6.53. The molecule has 0 fully saturated rings. The van der Waals surface area contributed by atoms with E-state index in [2.05, 4.69) is 4.74 Å². The van der Waals surface area contributed by atoms with Crippen LogP contribution in [-0.4, -0.2) is 13.1 Å². The van der Waals surface area contributed by atoms with Crippen molar-refractivity contribution in [2.45, 2.75) is 6.61 Å². The average Bonchev–Trinajstić information content (AvgIpc) is 2.48. The Morgan fingerprint density at radius 1 is 1.19 bits per heavy atom. The van der Waals surface area contributed by atoms with E-state index in [4.69, 9.17) is 10.5 Å². The van der Waals surface area contributed by atoms with Crippen molar-refractivity contribution in [1.82, 2.24) is 0 Å². The summed E-state index contributed by atoms with van der Waals surface area (Å²) in [7, 11) is 1.23. The van der Waals surface area contributed by atoms with Crippen LogP contribution >= 0.6 is 0 Å². The zero-order valence-corrected chi connectivity index (χ0v) is 11.2. The van der Waals surface area contributed by atoms with E-state index in [-0.39, 0.29) is 23.6 Å². The number of rotatable bonds is 4. The van der Waals surface area contributed by atoms with E-state index in [9.17, 15) is 13.6 Å². The quantitative estimate of drug-likeness (QED) is 0.695. The molecule has 21 heavy (non-hydrogen) atoms. The number of halogens is 2. The molecule has 0 unspecified atom stereocenters. The largest absolute Gasteiger partial charge is 0.486 e. The van der Waals surface area contributed by atoms with Gasteiger partial charge in [0.25, 0.3) is 0 Å². The van der Waals surface area contributed by atoms with Gasteiger partial charge >= 0.3 is 5.97 Å². The SMILES string of the molecule is COC(=O)c1c(N)cccc1COc1cccc(F)c1F. The second-order valence-corrected chi connectivity index (χ2v) is 4.21. The Hall–Kier alpha value is -2.63. The molecule has 4 nitrogen and oxygen atoms in total. The standard InChI is InChI=1S/C15H13F2NO3/c1-20-15(19)13-9(4-2-6-11(13)18)8-21-12-7-3-5-10(16)14(12)17/h2-7H,8,18H2,1H3. The van der Waals surface area contributed by atoms with Gasteiger partial charge in [0, 0.05) is 11.3 Å². The molecule has 0 spiro atoms. The maximum Gasteiger partial charge on any atom is 0.340 e. The van der Waals surface area contributed by atoms with E-state index in [1.165, 1.54) is 19.2 Å². The number of nitrogen functional groups attached to an aromatic ring is 1. The number of methoxy groups -OCH3 is 1. The maximum atomic E-state index is 13.5. The van der Waals surface area contributed by atoms with E-state index in [1.807, 2.05) is 0 Å². The summed E-state index contributed by atoms with van der Waals surface area (Å²) < 4.78 is 36.4. The highest BCUT2D eigenvalue weighted by molar-refractivity contribution is 5.96. The molecule has 6 heteroatoms. The summed E-state index contributed by atoms with van der Waals surface area (Å²) in [4.78, 5) is 11.7. The van der Waals surface area contributed by atoms with Gasteiger partial charge in [-0.2, -0.15) is 4.39 Å². The van der Waals surface area contributed by atoms with Crippen LogP contribution in [0, 0.1) is 11.6 Å². The van der Waals surface area contributed by atoms with Gasteiger partial charge in [0.2, 0.25) is 5.82 Å². The van der Waals surface area contributed by atoms with Crippen molar-refractivity contribution in [3.63, 3.8) is 0 Å². The van der Waals surface area contributed by atoms with Crippen LogP contribution < -0.4 is 10.5 Å². The molecule has 0 saturated carbocycles. The summed E-state index contributed by atoms with van der Waals surface area (Å²) in [6, 6.07) is 8.38. The molecule has 2 N–H and O–H groups in total. The molecule has 0 atom stereocenters. The predicted molar refractivity (Wildman–Crippen MR) is 72.9 cm³/mol. The Morgan fingerprint density at radius 2 is 1.90 bits per heavy atom. The van der Waals surface area contributed by atoms with Gasteiger partial charge in [-0.15, -0.1) is 0 Å². The Labute approximate surface area is 120 Å². The van der Waals surface area contributed by atoms with Crippen LogP contribution in [0.25, 0.3) is 0 Å². The van der Waals surface area contributed by atoms with Crippen LogP contribution in [0.4, 0.5) is 14.5 Å². The Balaban J connectivity index is 2.26. The van der Waals surface area contributed by atoms with Gasteiger partial charge < -0.3 is 15.2 Å². The summed E-state index contributed by atoms with van der Waals surface area (Å²) in [6.07, 6.45) is 0. The molecule has 0 aliphatic carbocycles. The zero-order valence-electron chi connectivity index (χ0n) is 11.2. The molecule has 2 aromatic carbocycles. The molecule has 110 valence electrons. The van der Waals surface area contributed by atoms with E-state index >= 15 is 0 Å².